The van der Waals surface area contributed by atoms with E-state index in [2.05, 4.69) is 5.32 Å². The highest BCUT2D eigenvalue weighted by Gasteiger charge is 2.32. The summed E-state index contributed by atoms with van der Waals surface area (Å²) in [6, 6.07) is 6.88. The molecule has 92 valence electrons. The minimum atomic E-state index is -3.47. The number of anilines is 2. The van der Waals surface area contributed by atoms with Gasteiger partial charge in [-0.3, -0.25) is 9.10 Å². The van der Waals surface area contributed by atoms with Gasteiger partial charge in [-0.05, 0) is 26.0 Å². The molecule has 0 aliphatic carbocycles. The van der Waals surface area contributed by atoms with E-state index >= 15 is 0 Å². The van der Waals surface area contributed by atoms with E-state index in [1.54, 1.807) is 38.1 Å². The molecule has 2 rings (SSSR count). The summed E-state index contributed by atoms with van der Waals surface area (Å²) in [6.45, 7) is 3.05. The molecule has 0 aromatic heterocycles. The predicted molar refractivity (Wildman–Crippen MR) is 66.5 cm³/mol. The normalized spacial score (nSPS) is 15.7. The molecule has 1 aromatic carbocycles. The molecule has 0 saturated carbocycles. The number of amides is 1. The number of nitrogens with zero attached hydrogens (tertiary/aromatic N) is 1. The third-order valence-electron chi connectivity index (χ3n) is 2.64. The molecule has 1 aromatic rings. The van der Waals surface area contributed by atoms with E-state index in [0.29, 0.717) is 11.4 Å². The van der Waals surface area contributed by atoms with Crippen LogP contribution in [0.1, 0.15) is 13.8 Å². The lowest BCUT2D eigenvalue weighted by Gasteiger charge is -2.31. The van der Waals surface area contributed by atoms with E-state index in [4.69, 9.17) is 0 Å². The fourth-order valence-corrected chi connectivity index (χ4v) is 2.92. The summed E-state index contributed by atoms with van der Waals surface area (Å²) >= 11 is 0. The van der Waals surface area contributed by atoms with Crippen molar-refractivity contribution in [1.29, 1.82) is 0 Å². The molecule has 5 nitrogen and oxygen atoms in total. The number of para-hydroxylation sites is 2. The minimum Gasteiger partial charge on any atom is -0.323 e. The van der Waals surface area contributed by atoms with Crippen molar-refractivity contribution in [3.63, 3.8) is 0 Å². The topological polar surface area (TPSA) is 66.5 Å². The van der Waals surface area contributed by atoms with Gasteiger partial charge in [0.25, 0.3) is 0 Å². The molecular formula is C11H14N2O3S. The van der Waals surface area contributed by atoms with Crippen molar-refractivity contribution < 1.29 is 13.2 Å². The first-order valence-corrected chi connectivity index (χ1v) is 6.83. The zero-order valence-electron chi connectivity index (χ0n) is 9.67. The van der Waals surface area contributed by atoms with Crippen LogP contribution >= 0.6 is 0 Å². The van der Waals surface area contributed by atoms with Crippen molar-refractivity contribution in [2.75, 3.05) is 16.2 Å². The molecule has 0 spiro atoms. The Labute approximate surface area is 100 Å². The van der Waals surface area contributed by atoms with Crippen LogP contribution in [0.3, 0.4) is 0 Å². The Balaban J connectivity index is 2.54. The zero-order valence-corrected chi connectivity index (χ0v) is 10.5. The van der Waals surface area contributed by atoms with Crippen LogP contribution in [0.25, 0.3) is 0 Å². The van der Waals surface area contributed by atoms with Gasteiger partial charge in [-0.2, -0.15) is 0 Å². The standard InChI is InChI=1S/C11H14N2O3S/c1-8(2)17(15,16)13-7-11(14)12-9-5-3-4-6-10(9)13/h3-6,8H,7H2,1-2H3,(H,12,14). The third-order valence-corrected chi connectivity index (χ3v) is 4.77. The molecule has 0 unspecified atom stereocenters. The molecule has 0 radical (unpaired) electrons. The first-order chi connectivity index (χ1) is 7.93. The Hall–Kier alpha value is -1.56. The fourth-order valence-electron chi connectivity index (χ4n) is 1.68. The molecule has 17 heavy (non-hydrogen) atoms. The highest BCUT2D eigenvalue weighted by Crippen LogP contribution is 2.31. The number of benzene rings is 1. The van der Waals surface area contributed by atoms with E-state index in [-0.39, 0.29) is 12.5 Å². The number of carbonyl (C=O) groups excluding carboxylic acids is 1. The lowest BCUT2D eigenvalue weighted by atomic mass is 10.2. The van der Waals surface area contributed by atoms with Crippen LogP contribution < -0.4 is 9.62 Å². The van der Waals surface area contributed by atoms with Gasteiger partial charge in [0.05, 0.1) is 16.6 Å². The summed E-state index contributed by atoms with van der Waals surface area (Å²) < 4.78 is 25.5. The van der Waals surface area contributed by atoms with Crippen LogP contribution in [0.2, 0.25) is 0 Å². The van der Waals surface area contributed by atoms with Crippen LogP contribution in [0.15, 0.2) is 24.3 Å². The van der Waals surface area contributed by atoms with Gasteiger partial charge in [-0.25, -0.2) is 8.42 Å². The summed E-state index contributed by atoms with van der Waals surface area (Å²) in [7, 11) is -3.47. The lowest BCUT2D eigenvalue weighted by molar-refractivity contribution is -0.115. The lowest BCUT2D eigenvalue weighted by Crippen LogP contribution is -2.44. The molecule has 1 aliphatic rings. The SMILES string of the molecule is CC(C)S(=O)(=O)N1CC(=O)Nc2ccccc21. The number of hydrogen-bond acceptors (Lipinski definition) is 3. The monoisotopic (exact) mass is 254 g/mol. The molecule has 1 amide bonds. The van der Waals surface area contributed by atoms with Crippen LogP contribution in [0.4, 0.5) is 11.4 Å². The summed E-state index contributed by atoms with van der Waals surface area (Å²) in [4.78, 5) is 11.5. The second kappa shape index (κ2) is 4.03. The van der Waals surface area contributed by atoms with Crippen LogP contribution in [0.5, 0.6) is 0 Å². The highest BCUT2D eigenvalue weighted by molar-refractivity contribution is 7.93. The third kappa shape index (κ3) is 2.00. The predicted octanol–water partition coefficient (Wildman–Crippen LogP) is 1.18. The van der Waals surface area contributed by atoms with Crippen molar-refractivity contribution in [2.45, 2.75) is 19.1 Å². The number of carbonyl (C=O) groups is 1. The molecule has 0 saturated heterocycles. The average molecular weight is 254 g/mol. The van der Waals surface area contributed by atoms with Gasteiger partial charge >= 0.3 is 0 Å². The fraction of sp³-hybridized carbons (Fsp3) is 0.364. The Morgan fingerprint density at radius 2 is 1.94 bits per heavy atom. The van der Waals surface area contributed by atoms with Crippen LogP contribution in [-0.4, -0.2) is 26.1 Å². The quantitative estimate of drug-likeness (QED) is 0.862. The van der Waals surface area contributed by atoms with E-state index in [1.165, 1.54) is 4.31 Å². The number of rotatable bonds is 2. The average Bonchev–Trinajstić information content (AvgIpc) is 2.27. The van der Waals surface area contributed by atoms with Gasteiger partial charge in [0.1, 0.15) is 6.54 Å². The van der Waals surface area contributed by atoms with E-state index < -0.39 is 15.3 Å². The van der Waals surface area contributed by atoms with Gasteiger partial charge in [-0.1, -0.05) is 12.1 Å². The maximum absolute atomic E-state index is 12.1. The molecule has 1 heterocycles. The van der Waals surface area contributed by atoms with Gasteiger partial charge in [-0.15, -0.1) is 0 Å². The first-order valence-electron chi connectivity index (χ1n) is 5.33. The van der Waals surface area contributed by atoms with Crippen LogP contribution in [0, 0.1) is 0 Å². The van der Waals surface area contributed by atoms with Crippen molar-refractivity contribution >= 4 is 27.3 Å². The molecule has 1 aliphatic heterocycles. The van der Waals surface area contributed by atoms with E-state index in [9.17, 15) is 13.2 Å². The van der Waals surface area contributed by atoms with Crippen molar-refractivity contribution in [3.8, 4) is 0 Å². The van der Waals surface area contributed by atoms with Crippen LogP contribution in [-0.2, 0) is 14.8 Å². The van der Waals surface area contributed by atoms with E-state index in [0.717, 1.165) is 0 Å². The molecule has 0 bridgehead atoms. The highest BCUT2D eigenvalue weighted by atomic mass is 32.2. The Morgan fingerprint density at radius 3 is 2.59 bits per heavy atom. The molecule has 0 fully saturated rings. The number of hydrogen-bond donors (Lipinski definition) is 1. The Morgan fingerprint density at radius 1 is 1.29 bits per heavy atom. The summed E-state index contributed by atoms with van der Waals surface area (Å²) in [5.41, 5.74) is 1.06. The molecule has 6 heteroatoms. The summed E-state index contributed by atoms with van der Waals surface area (Å²) in [6.07, 6.45) is 0. The molecule has 0 atom stereocenters. The second-order valence-electron chi connectivity index (χ2n) is 4.17. The maximum Gasteiger partial charge on any atom is 0.245 e. The Bertz CT molecular complexity index is 552. The molecule has 1 N–H and O–H groups in total. The first kappa shape index (κ1) is 11.9. The summed E-state index contributed by atoms with van der Waals surface area (Å²) in [5, 5.41) is 2.10. The molecular weight excluding hydrogens is 240 g/mol. The summed E-state index contributed by atoms with van der Waals surface area (Å²) in [5.74, 6) is -0.312. The number of nitrogens with one attached hydrogen (secondary N) is 1. The van der Waals surface area contributed by atoms with Gasteiger partial charge < -0.3 is 5.32 Å². The largest absolute Gasteiger partial charge is 0.323 e. The maximum atomic E-state index is 12.1. The number of fused-ring (bicyclic) bond motifs is 1. The zero-order chi connectivity index (χ0) is 12.6. The van der Waals surface area contributed by atoms with Crippen molar-refractivity contribution in [2.24, 2.45) is 0 Å². The smallest absolute Gasteiger partial charge is 0.245 e. The van der Waals surface area contributed by atoms with Crippen molar-refractivity contribution in [3.05, 3.63) is 24.3 Å². The number of sulfonamides is 1. The van der Waals surface area contributed by atoms with Gasteiger partial charge in [0.15, 0.2) is 0 Å². The van der Waals surface area contributed by atoms with Crippen molar-refractivity contribution in [1.82, 2.24) is 0 Å². The van der Waals surface area contributed by atoms with Gasteiger partial charge in [0, 0.05) is 0 Å². The van der Waals surface area contributed by atoms with Gasteiger partial charge in [0.2, 0.25) is 15.9 Å². The second-order valence-corrected chi connectivity index (χ2v) is 6.58. The van der Waals surface area contributed by atoms with E-state index in [1.807, 2.05) is 0 Å². The Kier molecular flexibility index (Phi) is 2.82. The minimum absolute atomic E-state index is 0.155.